The van der Waals surface area contributed by atoms with Crippen molar-refractivity contribution >= 4 is 5.97 Å². The summed E-state index contributed by atoms with van der Waals surface area (Å²) in [6.07, 6.45) is 1.31. The average molecular weight is 187 g/mol. The fourth-order valence-corrected chi connectivity index (χ4v) is 0.875. The number of hydrogen-bond donors (Lipinski definition) is 0. The first-order valence-electron chi connectivity index (χ1n) is 4.08. The van der Waals surface area contributed by atoms with Crippen molar-refractivity contribution in [1.82, 2.24) is 0 Å². The Morgan fingerprint density at radius 2 is 1.92 bits per heavy atom. The zero-order valence-corrected chi connectivity index (χ0v) is 10.1. The Hall–Kier alpha value is -0.310. The third kappa shape index (κ3) is 5.09. The van der Waals surface area contributed by atoms with E-state index >= 15 is 0 Å². The molecule has 64 valence electrons. The standard InChI is InChI=1S/C10H12O2.Na/c1-2-6-10(11)12-9-7-4-3-5-8-9;/h3-5,7-8H,2,6H2,1H3;/q;+1. The Bertz CT molecular complexity index is 246. The van der Waals surface area contributed by atoms with Crippen LogP contribution >= 0.6 is 0 Å². The van der Waals surface area contributed by atoms with Gasteiger partial charge in [0.1, 0.15) is 5.75 Å². The van der Waals surface area contributed by atoms with E-state index in [-0.39, 0.29) is 35.5 Å². The van der Waals surface area contributed by atoms with Gasteiger partial charge >= 0.3 is 35.5 Å². The van der Waals surface area contributed by atoms with Crippen molar-refractivity contribution in [1.29, 1.82) is 0 Å². The molecule has 0 saturated carbocycles. The van der Waals surface area contributed by atoms with Gasteiger partial charge in [-0.15, -0.1) is 0 Å². The zero-order valence-electron chi connectivity index (χ0n) is 8.12. The summed E-state index contributed by atoms with van der Waals surface area (Å²) in [5.74, 6) is 0.458. The van der Waals surface area contributed by atoms with Crippen LogP contribution in [0, 0.1) is 0 Å². The molecule has 13 heavy (non-hydrogen) atoms. The van der Waals surface area contributed by atoms with Crippen molar-refractivity contribution in [2.24, 2.45) is 0 Å². The molecule has 0 aromatic heterocycles. The first kappa shape index (κ1) is 12.7. The van der Waals surface area contributed by atoms with Crippen LogP contribution in [0.2, 0.25) is 0 Å². The molecule has 0 atom stereocenters. The molecule has 0 aliphatic heterocycles. The van der Waals surface area contributed by atoms with E-state index in [9.17, 15) is 4.79 Å². The summed E-state index contributed by atoms with van der Waals surface area (Å²) >= 11 is 0. The Labute approximate surface area is 101 Å². The largest absolute Gasteiger partial charge is 1.00 e. The zero-order chi connectivity index (χ0) is 8.81. The molecule has 1 rings (SSSR count). The summed E-state index contributed by atoms with van der Waals surface area (Å²) in [5, 5.41) is 0. The van der Waals surface area contributed by atoms with Crippen molar-refractivity contribution in [3.8, 4) is 5.75 Å². The Morgan fingerprint density at radius 1 is 1.31 bits per heavy atom. The van der Waals surface area contributed by atoms with E-state index in [0.29, 0.717) is 12.2 Å². The number of rotatable bonds is 3. The molecule has 0 radical (unpaired) electrons. The number of hydrogen-bond acceptors (Lipinski definition) is 2. The number of para-hydroxylation sites is 1. The molecule has 0 amide bonds. The van der Waals surface area contributed by atoms with Crippen LogP contribution < -0.4 is 34.3 Å². The van der Waals surface area contributed by atoms with Gasteiger partial charge in [-0.05, 0) is 18.6 Å². The van der Waals surface area contributed by atoms with E-state index in [1.54, 1.807) is 12.1 Å². The van der Waals surface area contributed by atoms with E-state index in [1.165, 1.54) is 0 Å². The molecule has 0 N–H and O–H groups in total. The second-order valence-electron chi connectivity index (χ2n) is 2.54. The number of ether oxygens (including phenoxy) is 1. The molecule has 2 nitrogen and oxygen atoms in total. The van der Waals surface area contributed by atoms with Gasteiger partial charge in [-0.3, -0.25) is 4.79 Å². The Kier molecular flexibility index (Phi) is 6.96. The minimum atomic E-state index is -0.163. The number of carbonyl (C=O) groups is 1. The van der Waals surface area contributed by atoms with Crippen LogP contribution in [0.1, 0.15) is 19.8 Å². The Morgan fingerprint density at radius 3 is 2.46 bits per heavy atom. The average Bonchev–Trinajstić information content (AvgIpc) is 2.06. The smallest absolute Gasteiger partial charge is 0.427 e. The van der Waals surface area contributed by atoms with Crippen LogP contribution in [0.4, 0.5) is 0 Å². The van der Waals surface area contributed by atoms with Gasteiger partial charge in [-0.25, -0.2) is 0 Å². The van der Waals surface area contributed by atoms with Crippen LogP contribution in [0.15, 0.2) is 30.3 Å². The van der Waals surface area contributed by atoms with Crippen molar-refractivity contribution < 1.29 is 39.1 Å². The topological polar surface area (TPSA) is 26.3 Å². The second-order valence-corrected chi connectivity index (χ2v) is 2.54. The quantitative estimate of drug-likeness (QED) is 0.359. The van der Waals surface area contributed by atoms with Gasteiger partial charge in [-0.2, -0.15) is 0 Å². The summed E-state index contributed by atoms with van der Waals surface area (Å²) < 4.78 is 5.02. The van der Waals surface area contributed by atoms with Gasteiger partial charge < -0.3 is 4.74 Å². The minimum absolute atomic E-state index is 0. The number of esters is 1. The van der Waals surface area contributed by atoms with Crippen molar-refractivity contribution in [3.05, 3.63) is 30.3 Å². The molecule has 0 unspecified atom stereocenters. The van der Waals surface area contributed by atoms with Crippen LogP contribution in [-0.4, -0.2) is 5.97 Å². The fourth-order valence-electron chi connectivity index (χ4n) is 0.875. The number of benzene rings is 1. The van der Waals surface area contributed by atoms with Crippen molar-refractivity contribution in [2.75, 3.05) is 0 Å². The molecule has 1 aromatic carbocycles. The van der Waals surface area contributed by atoms with Gasteiger partial charge in [0.2, 0.25) is 0 Å². The third-order valence-corrected chi connectivity index (χ3v) is 1.43. The summed E-state index contributed by atoms with van der Waals surface area (Å²) in [4.78, 5) is 11.0. The third-order valence-electron chi connectivity index (χ3n) is 1.43. The fraction of sp³-hybridized carbons (Fsp3) is 0.300. The maximum absolute atomic E-state index is 11.0. The summed E-state index contributed by atoms with van der Waals surface area (Å²) in [7, 11) is 0. The van der Waals surface area contributed by atoms with E-state index in [4.69, 9.17) is 4.74 Å². The van der Waals surface area contributed by atoms with Crippen molar-refractivity contribution in [2.45, 2.75) is 19.8 Å². The van der Waals surface area contributed by atoms with Crippen LogP contribution in [0.5, 0.6) is 5.75 Å². The SMILES string of the molecule is CCCC(=O)Oc1ccccc1.[Na+]. The van der Waals surface area contributed by atoms with Gasteiger partial charge in [0, 0.05) is 6.42 Å². The molecular weight excluding hydrogens is 175 g/mol. The normalized spacial score (nSPS) is 8.69. The Balaban J connectivity index is 0.00000144. The predicted molar refractivity (Wildman–Crippen MR) is 47.0 cm³/mol. The van der Waals surface area contributed by atoms with Crippen molar-refractivity contribution in [3.63, 3.8) is 0 Å². The van der Waals surface area contributed by atoms with E-state index in [0.717, 1.165) is 6.42 Å². The predicted octanol–water partition coefficient (Wildman–Crippen LogP) is -0.604. The first-order valence-corrected chi connectivity index (χ1v) is 4.08. The second kappa shape index (κ2) is 7.13. The molecule has 0 aliphatic rings. The van der Waals surface area contributed by atoms with Crippen LogP contribution in [0.3, 0.4) is 0 Å². The monoisotopic (exact) mass is 187 g/mol. The molecular formula is C10H12NaO2+. The van der Waals surface area contributed by atoms with Gasteiger partial charge in [0.05, 0.1) is 0 Å². The number of carbonyl (C=O) groups excluding carboxylic acids is 1. The maximum atomic E-state index is 11.0. The van der Waals surface area contributed by atoms with Gasteiger partial charge in [-0.1, -0.05) is 25.1 Å². The molecule has 0 bridgehead atoms. The van der Waals surface area contributed by atoms with E-state index in [2.05, 4.69) is 0 Å². The molecule has 0 aliphatic carbocycles. The molecule has 0 fully saturated rings. The molecule has 0 saturated heterocycles. The van der Waals surface area contributed by atoms with E-state index in [1.807, 2.05) is 25.1 Å². The molecule has 3 heteroatoms. The van der Waals surface area contributed by atoms with Gasteiger partial charge in [0.15, 0.2) is 0 Å². The minimum Gasteiger partial charge on any atom is -0.427 e. The van der Waals surface area contributed by atoms with Crippen LogP contribution in [-0.2, 0) is 4.79 Å². The summed E-state index contributed by atoms with van der Waals surface area (Å²) in [5.41, 5.74) is 0. The summed E-state index contributed by atoms with van der Waals surface area (Å²) in [6.45, 7) is 1.95. The van der Waals surface area contributed by atoms with Gasteiger partial charge in [0.25, 0.3) is 0 Å². The molecule has 0 spiro atoms. The molecule has 0 heterocycles. The first-order chi connectivity index (χ1) is 5.83. The maximum Gasteiger partial charge on any atom is 1.00 e. The van der Waals surface area contributed by atoms with E-state index < -0.39 is 0 Å². The van der Waals surface area contributed by atoms with Crippen LogP contribution in [0.25, 0.3) is 0 Å². The summed E-state index contributed by atoms with van der Waals surface area (Å²) in [6, 6.07) is 9.11. The molecule has 1 aromatic rings.